The second-order valence-electron chi connectivity index (χ2n) is 7.16. The van der Waals surface area contributed by atoms with Crippen molar-refractivity contribution >= 4 is 11.8 Å². The number of amides is 2. The van der Waals surface area contributed by atoms with Crippen LogP contribution in [0.15, 0.2) is 0 Å². The van der Waals surface area contributed by atoms with Gasteiger partial charge in [-0.05, 0) is 34.1 Å². The van der Waals surface area contributed by atoms with Crippen molar-refractivity contribution in [3.8, 4) is 0 Å². The maximum atomic E-state index is 11.8. The summed E-state index contributed by atoms with van der Waals surface area (Å²) in [6.07, 6.45) is 0.839. The Morgan fingerprint density at radius 3 is 2.12 bits per heavy atom. The van der Waals surface area contributed by atoms with E-state index < -0.39 is 0 Å². The Morgan fingerprint density at radius 1 is 0.923 bits per heavy atom. The van der Waals surface area contributed by atoms with E-state index in [-0.39, 0.29) is 24.3 Å². The predicted molar refractivity (Wildman–Crippen MR) is 106 cm³/mol. The van der Waals surface area contributed by atoms with Gasteiger partial charge in [0, 0.05) is 44.2 Å². The van der Waals surface area contributed by atoms with Crippen LogP contribution in [0.2, 0.25) is 0 Å². The van der Waals surface area contributed by atoms with Crippen LogP contribution >= 0.6 is 0 Å². The molecule has 0 aromatic rings. The molecule has 0 fully saturated rings. The molecule has 0 saturated heterocycles. The van der Waals surface area contributed by atoms with Crippen molar-refractivity contribution in [3.05, 3.63) is 0 Å². The van der Waals surface area contributed by atoms with E-state index in [1.165, 1.54) is 0 Å². The summed E-state index contributed by atoms with van der Waals surface area (Å²) >= 11 is 0. The third kappa shape index (κ3) is 12.2. The summed E-state index contributed by atoms with van der Waals surface area (Å²) in [7, 11) is 0. The van der Waals surface area contributed by atoms with Crippen molar-refractivity contribution < 1.29 is 14.3 Å². The fourth-order valence-electron chi connectivity index (χ4n) is 2.55. The van der Waals surface area contributed by atoms with Gasteiger partial charge in [-0.1, -0.05) is 13.8 Å². The summed E-state index contributed by atoms with van der Waals surface area (Å²) < 4.78 is 5.43. The average Bonchev–Trinajstić information content (AvgIpc) is 2.59. The van der Waals surface area contributed by atoms with Crippen molar-refractivity contribution in [1.29, 1.82) is 0 Å². The quantitative estimate of drug-likeness (QED) is 0.374. The molecule has 0 spiro atoms. The predicted octanol–water partition coefficient (Wildman–Crippen LogP) is 0.990. The van der Waals surface area contributed by atoms with E-state index in [9.17, 15) is 9.59 Å². The van der Waals surface area contributed by atoms with E-state index in [1.807, 2.05) is 13.8 Å². The van der Waals surface area contributed by atoms with Gasteiger partial charge in [-0.3, -0.25) is 14.5 Å². The largest absolute Gasteiger partial charge is 0.378 e. The summed E-state index contributed by atoms with van der Waals surface area (Å²) in [5.41, 5.74) is 0. The molecule has 26 heavy (non-hydrogen) atoms. The highest BCUT2D eigenvalue weighted by Gasteiger charge is 2.13. The molecule has 0 aromatic carbocycles. The van der Waals surface area contributed by atoms with Crippen molar-refractivity contribution in [1.82, 2.24) is 20.9 Å². The number of rotatable bonds is 15. The van der Waals surface area contributed by atoms with Crippen molar-refractivity contribution in [2.24, 2.45) is 5.92 Å². The molecule has 2 amide bonds. The number of hydrogen-bond donors (Lipinski definition) is 3. The van der Waals surface area contributed by atoms with Crippen LogP contribution in [-0.4, -0.2) is 74.7 Å². The molecular formula is C19H40N4O3. The zero-order valence-electron chi connectivity index (χ0n) is 17.6. The number of nitrogens with zero attached hydrogens (tertiary/aromatic N) is 1. The molecule has 0 aromatic heterocycles. The molecule has 0 aliphatic rings. The van der Waals surface area contributed by atoms with Gasteiger partial charge in [0.05, 0.1) is 19.8 Å². The van der Waals surface area contributed by atoms with Gasteiger partial charge in [0.25, 0.3) is 0 Å². The standard InChI is InChI=1S/C19H40N4O3/c1-7-17(6)19(25)22-10-13-26-12-9-20-14-18(24)21-8-11-23(15(2)3)16(4)5/h15-17,20H,7-14H2,1-6H3,(H,21,24)(H,22,25). The van der Waals surface area contributed by atoms with Gasteiger partial charge in [0.15, 0.2) is 0 Å². The lowest BCUT2D eigenvalue weighted by Crippen LogP contribution is -2.44. The number of ether oxygens (including phenoxy) is 1. The van der Waals surface area contributed by atoms with Crippen LogP contribution in [0.4, 0.5) is 0 Å². The Balaban J connectivity index is 3.56. The minimum atomic E-state index is -0.00159. The number of nitrogens with one attached hydrogen (secondary N) is 3. The van der Waals surface area contributed by atoms with Crippen LogP contribution in [0.1, 0.15) is 48.0 Å². The molecule has 1 unspecified atom stereocenters. The topological polar surface area (TPSA) is 82.7 Å². The van der Waals surface area contributed by atoms with Gasteiger partial charge in [0.2, 0.25) is 11.8 Å². The van der Waals surface area contributed by atoms with Crippen LogP contribution in [0.25, 0.3) is 0 Å². The minimum absolute atomic E-state index is 0.00159. The maximum Gasteiger partial charge on any atom is 0.234 e. The fraction of sp³-hybridized carbons (Fsp3) is 0.895. The van der Waals surface area contributed by atoms with Gasteiger partial charge in [-0.15, -0.1) is 0 Å². The van der Waals surface area contributed by atoms with E-state index in [1.54, 1.807) is 0 Å². The first-order valence-electron chi connectivity index (χ1n) is 9.88. The van der Waals surface area contributed by atoms with Gasteiger partial charge < -0.3 is 20.7 Å². The van der Waals surface area contributed by atoms with Gasteiger partial charge in [0.1, 0.15) is 0 Å². The van der Waals surface area contributed by atoms with E-state index in [0.717, 1.165) is 13.0 Å². The molecular weight excluding hydrogens is 332 g/mol. The Kier molecular flexibility index (Phi) is 14.3. The average molecular weight is 373 g/mol. The van der Waals surface area contributed by atoms with Crippen LogP contribution < -0.4 is 16.0 Å². The maximum absolute atomic E-state index is 11.8. The van der Waals surface area contributed by atoms with Crippen molar-refractivity contribution in [3.63, 3.8) is 0 Å². The molecule has 0 aliphatic carbocycles. The van der Waals surface area contributed by atoms with E-state index in [4.69, 9.17) is 4.74 Å². The molecule has 1 atom stereocenters. The smallest absolute Gasteiger partial charge is 0.234 e. The van der Waals surface area contributed by atoms with Crippen LogP contribution in [-0.2, 0) is 14.3 Å². The zero-order valence-corrected chi connectivity index (χ0v) is 17.6. The molecule has 0 heterocycles. The summed E-state index contributed by atoms with van der Waals surface area (Å²) in [5, 5.41) is 8.83. The van der Waals surface area contributed by atoms with Crippen molar-refractivity contribution in [2.45, 2.75) is 60.0 Å². The van der Waals surface area contributed by atoms with Gasteiger partial charge >= 0.3 is 0 Å². The second kappa shape index (κ2) is 14.9. The highest BCUT2D eigenvalue weighted by molar-refractivity contribution is 5.78. The Morgan fingerprint density at radius 2 is 1.54 bits per heavy atom. The first-order chi connectivity index (χ1) is 12.3. The van der Waals surface area contributed by atoms with Gasteiger partial charge in [-0.2, -0.15) is 0 Å². The first-order valence-corrected chi connectivity index (χ1v) is 9.88. The molecule has 0 saturated carbocycles. The molecule has 3 N–H and O–H groups in total. The van der Waals surface area contributed by atoms with Crippen LogP contribution in [0.3, 0.4) is 0 Å². The first kappa shape index (κ1) is 24.8. The van der Waals surface area contributed by atoms with Crippen molar-refractivity contribution in [2.75, 3.05) is 45.9 Å². The lowest BCUT2D eigenvalue weighted by atomic mass is 10.1. The summed E-state index contributed by atoms with van der Waals surface area (Å²) in [4.78, 5) is 25.7. The molecule has 7 nitrogen and oxygen atoms in total. The molecule has 0 radical (unpaired) electrons. The lowest BCUT2D eigenvalue weighted by molar-refractivity contribution is -0.125. The number of carbonyl (C=O) groups excluding carboxylic acids is 2. The van der Waals surface area contributed by atoms with Crippen LogP contribution in [0.5, 0.6) is 0 Å². The van der Waals surface area contributed by atoms with Gasteiger partial charge in [-0.25, -0.2) is 0 Å². The molecule has 154 valence electrons. The Bertz CT molecular complexity index is 381. The molecule has 7 heteroatoms. The third-order valence-corrected chi connectivity index (χ3v) is 4.33. The Hall–Kier alpha value is -1.18. The monoisotopic (exact) mass is 372 g/mol. The lowest BCUT2D eigenvalue weighted by Gasteiger charge is -2.30. The summed E-state index contributed by atoms with van der Waals surface area (Å²) in [5.74, 6) is 0.112. The normalized spacial score (nSPS) is 12.7. The summed E-state index contributed by atoms with van der Waals surface area (Å²) in [6, 6.07) is 0.939. The fourth-order valence-corrected chi connectivity index (χ4v) is 2.55. The molecule has 0 bridgehead atoms. The van der Waals surface area contributed by atoms with E-state index >= 15 is 0 Å². The third-order valence-electron chi connectivity index (χ3n) is 4.33. The zero-order chi connectivity index (χ0) is 19.9. The number of carbonyl (C=O) groups is 2. The Labute approximate surface area is 159 Å². The molecule has 0 rings (SSSR count). The highest BCUT2D eigenvalue weighted by Crippen LogP contribution is 2.03. The van der Waals surface area contributed by atoms with E-state index in [0.29, 0.717) is 44.9 Å². The highest BCUT2D eigenvalue weighted by atomic mass is 16.5. The summed E-state index contributed by atoms with van der Waals surface area (Å²) in [6.45, 7) is 16.5. The second-order valence-corrected chi connectivity index (χ2v) is 7.16. The van der Waals surface area contributed by atoms with E-state index in [2.05, 4.69) is 48.5 Å². The minimum Gasteiger partial charge on any atom is -0.378 e. The number of hydrogen-bond acceptors (Lipinski definition) is 5. The van der Waals surface area contributed by atoms with Crippen LogP contribution in [0, 0.1) is 5.92 Å². The molecule has 0 aliphatic heterocycles. The SMILES string of the molecule is CCC(C)C(=O)NCCOCCNCC(=O)NCCN(C(C)C)C(C)C.